The smallest absolute Gasteiger partial charge is 0.242 e. The van der Waals surface area contributed by atoms with Gasteiger partial charge in [0.2, 0.25) is 11.8 Å². The molecule has 0 fully saturated rings. The van der Waals surface area contributed by atoms with Gasteiger partial charge in [-0.25, -0.2) is 0 Å². The monoisotopic (exact) mass is 492 g/mol. The zero-order chi connectivity index (χ0) is 24.4. The van der Waals surface area contributed by atoms with Crippen LogP contribution in [-0.2, 0) is 16.1 Å². The van der Waals surface area contributed by atoms with Crippen LogP contribution < -0.4 is 10.1 Å². The molecule has 1 N–H and O–H groups in total. The van der Waals surface area contributed by atoms with Gasteiger partial charge in [0.1, 0.15) is 11.8 Å². The van der Waals surface area contributed by atoms with Crippen molar-refractivity contribution in [3.8, 4) is 5.75 Å². The first kappa shape index (κ1) is 27.0. The summed E-state index contributed by atoms with van der Waals surface area (Å²) in [4.78, 5) is 27.8. The molecule has 2 aromatic rings. The van der Waals surface area contributed by atoms with Gasteiger partial charge < -0.3 is 15.0 Å². The first-order valence-electron chi connectivity index (χ1n) is 11.4. The number of hydrogen-bond donors (Lipinski definition) is 1. The third-order valence-corrected chi connectivity index (χ3v) is 5.99. The van der Waals surface area contributed by atoms with Gasteiger partial charge >= 0.3 is 0 Å². The minimum absolute atomic E-state index is 0.134. The molecule has 2 aromatic carbocycles. The van der Waals surface area contributed by atoms with Crippen molar-refractivity contribution in [1.29, 1.82) is 0 Å². The van der Waals surface area contributed by atoms with E-state index in [2.05, 4.69) is 5.32 Å². The minimum Gasteiger partial charge on any atom is -0.494 e. The van der Waals surface area contributed by atoms with Crippen molar-refractivity contribution in [2.75, 3.05) is 13.2 Å². The molecule has 0 aromatic heterocycles. The molecule has 180 valence electrons. The summed E-state index contributed by atoms with van der Waals surface area (Å²) >= 11 is 12.7. The van der Waals surface area contributed by atoms with Gasteiger partial charge in [-0.15, -0.1) is 0 Å². The molecule has 0 bridgehead atoms. The van der Waals surface area contributed by atoms with Crippen LogP contribution in [0.5, 0.6) is 5.75 Å². The standard InChI is InChI=1S/C26H34Cl2N2O3/c1-5-24(26(32)29-16-18(2)3)30(17-21-22(27)8-6-9-23(21)28)25(31)10-7-15-33-20-13-11-19(4)12-14-20/h6,8-9,11-14,18,24H,5,7,10,15-17H2,1-4H3,(H,29,32). The van der Waals surface area contributed by atoms with Gasteiger partial charge in [0.05, 0.1) is 6.61 Å². The molecule has 1 atom stereocenters. The number of rotatable bonds is 12. The Morgan fingerprint density at radius 1 is 1.06 bits per heavy atom. The molecule has 33 heavy (non-hydrogen) atoms. The molecular formula is C26H34Cl2N2O3. The van der Waals surface area contributed by atoms with Crippen LogP contribution in [0.1, 0.15) is 51.2 Å². The van der Waals surface area contributed by atoms with Gasteiger partial charge in [0.25, 0.3) is 0 Å². The lowest BCUT2D eigenvalue weighted by Crippen LogP contribution is -2.49. The summed E-state index contributed by atoms with van der Waals surface area (Å²) in [6.07, 6.45) is 1.27. The maximum Gasteiger partial charge on any atom is 0.242 e. The zero-order valence-electron chi connectivity index (χ0n) is 19.9. The number of halogens is 2. The lowest BCUT2D eigenvalue weighted by atomic mass is 10.1. The van der Waals surface area contributed by atoms with Crippen LogP contribution >= 0.6 is 23.2 Å². The Hall–Kier alpha value is -2.24. The van der Waals surface area contributed by atoms with Crippen molar-refractivity contribution in [2.45, 2.75) is 59.5 Å². The molecule has 1 unspecified atom stereocenters. The number of benzene rings is 2. The molecule has 2 amide bonds. The van der Waals surface area contributed by atoms with Crippen LogP contribution in [-0.4, -0.2) is 35.9 Å². The molecule has 0 saturated heterocycles. The predicted molar refractivity (Wildman–Crippen MR) is 135 cm³/mol. The molecular weight excluding hydrogens is 459 g/mol. The molecule has 0 aliphatic heterocycles. The van der Waals surface area contributed by atoms with Crippen molar-refractivity contribution < 1.29 is 14.3 Å². The topological polar surface area (TPSA) is 58.6 Å². The Bertz CT molecular complexity index is 896. The van der Waals surface area contributed by atoms with Crippen LogP contribution in [0.25, 0.3) is 0 Å². The molecule has 7 heteroatoms. The fourth-order valence-electron chi connectivity index (χ4n) is 3.39. The summed E-state index contributed by atoms with van der Waals surface area (Å²) in [5.41, 5.74) is 1.80. The Morgan fingerprint density at radius 2 is 1.70 bits per heavy atom. The zero-order valence-corrected chi connectivity index (χ0v) is 21.4. The summed E-state index contributed by atoms with van der Waals surface area (Å²) in [6.45, 7) is 9.10. The lowest BCUT2D eigenvalue weighted by Gasteiger charge is -2.31. The molecule has 0 radical (unpaired) electrons. The number of hydrogen-bond acceptors (Lipinski definition) is 3. The van der Waals surface area contributed by atoms with Gasteiger partial charge in [-0.05, 0) is 49.9 Å². The van der Waals surface area contributed by atoms with E-state index in [-0.39, 0.29) is 24.8 Å². The second-order valence-corrected chi connectivity index (χ2v) is 9.36. The van der Waals surface area contributed by atoms with E-state index in [4.69, 9.17) is 27.9 Å². The molecule has 0 spiro atoms. The van der Waals surface area contributed by atoms with Crippen LogP contribution in [0.2, 0.25) is 10.0 Å². The van der Waals surface area contributed by atoms with E-state index in [1.807, 2.05) is 52.0 Å². The minimum atomic E-state index is -0.610. The summed E-state index contributed by atoms with van der Waals surface area (Å²) in [6, 6.07) is 12.4. The Balaban J connectivity index is 2.11. The third-order valence-electron chi connectivity index (χ3n) is 5.29. The Morgan fingerprint density at radius 3 is 2.27 bits per heavy atom. The predicted octanol–water partition coefficient (Wildman–Crippen LogP) is 6.04. The van der Waals surface area contributed by atoms with E-state index in [9.17, 15) is 9.59 Å². The SMILES string of the molecule is CCC(C(=O)NCC(C)C)N(Cc1c(Cl)cccc1Cl)C(=O)CCCOc1ccc(C)cc1. The van der Waals surface area contributed by atoms with E-state index >= 15 is 0 Å². The quantitative estimate of drug-likeness (QED) is 0.367. The number of carbonyl (C=O) groups is 2. The maximum absolute atomic E-state index is 13.3. The highest BCUT2D eigenvalue weighted by Gasteiger charge is 2.29. The van der Waals surface area contributed by atoms with Crippen molar-refractivity contribution in [1.82, 2.24) is 10.2 Å². The molecule has 0 heterocycles. The number of aryl methyl sites for hydroxylation is 1. The number of nitrogens with one attached hydrogen (secondary N) is 1. The van der Waals surface area contributed by atoms with Crippen molar-refractivity contribution in [3.05, 3.63) is 63.6 Å². The van der Waals surface area contributed by atoms with Crippen LogP contribution in [0.15, 0.2) is 42.5 Å². The molecule has 0 aliphatic carbocycles. The molecule has 0 aliphatic rings. The van der Waals surface area contributed by atoms with E-state index in [0.717, 1.165) is 11.3 Å². The number of nitrogens with zero attached hydrogens (tertiary/aromatic N) is 1. The fourth-order valence-corrected chi connectivity index (χ4v) is 3.90. The first-order valence-corrected chi connectivity index (χ1v) is 12.2. The summed E-state index contributed by atoms with van der Waals surface area (Å²) in [5.74, 6) is 0.781. The second-order valence-electron chi connectivity index (χ2n) is 8.55. The third kappa shape index (κ3) is 8.56. The van der Waals surface area contributed by atoms with E-state index in [0.29, 0.717) is 47.5 Å². The van der Waals surface area contributed by atoms with Crippen molar-refractivity contribution in [2.24, 2.45) is 5.92 Å². The van der Waals surface area contributed by atoms with Gasteiger partial charge in [0.15, 0.2) is 0 Å². The normalized spacial score (nSPS) is 11.8. The average molecular weight is 493 g/mol. The van der Waals surface area contributed by atoms with E-state index in [1.54, 1.807) is 23.1 Å². The Labute approximate surface area is 207 Å². The highest BCUT2D eigenvalue weighted by atomic mass is 35.5. The van der Waals surface area contributed by atoms with E-state index < -0.39 is 6.04 Å². The van der Waals surface area contributed by atoms with Crippen molar-refractivity contribution in [3.63, 3.8) is 0 Å². The largest absolute Gasteiger partial charge is 0.494 e. The molecule has 5 nitrogen and oxygen atoms in total. The summed E-state index contributed by atoms with van der Waals surface area (Å²) < 4.78 is 5.75. The highest BCUT2D eigenvalue weighted by molar-refractivity contribution is 6.36. The number of carbonyl (C=O) groups excluding carboxylic acids is 2. The van der Waals surface area contributed by atoms with Crippen LogP contribution in [0.3, 0.4) is 0 Å². The van der Waals surface area contributed by atoms with Gasteiger partial charge in [-0.1, -0.05) is 67.7 Å². The van der Waals surface area contributed by atoms with Gasteiger partial charge in [-0.3, -0.25) is 9.59 Å². The summed E-state index contributed by atoms with van der Waals surface area (Å²) in [7, 11) is 0. The fraction of sp³-hybridized carbons (Fsp3) is 0.462. The molecule has 0 saturated carbocycles. The second kappa shape index (κ2) is 13.5. The van der Waals surface area contributed by atoms with Gasteiger partial charge in [0, 0.05) is 35.1 Å². The Kier molecular flexibility index (Phi) is 11.0. The van der Waals surface area contributed by atoms with Gasteiger partial charge in [-0.2, -0.15) is 0 Å². The highest BCUT2D eigenvalue weighted by Crippen LogP contribution is 2.27. The van der Waals surface area contributed by atoms with Crippen molar-refractivity contribution >= 4 is 35.0 Å². The summed E-state index contributed by atoms with van der Waals surface area (Å²) in [5, 5.41) is 3.90. The number of amides is 2. The van der Waals surface area contributed by atoms with Crippen LogP contribution in [0.4, 0.5) is 0 Å². The maximum atomic E-state index is 13.3. The van der Waals surface area contributed by atoms with E-state index in [1.165, 1.54) is 0 Å². The number of ether oxygens (including phenoxy) is 1. The molecule has 2 rings (SSSR count). The van der Waals surface area contributed by atoms with Crippen LogP contribution in [0, 0.1) is 12.8 Å². The lowest BCUT2D eigenvalue weighted by molar-refractivity contribution is -0.141. The average Bonchev–Trinajstić information content (AvgIpc) is 2.78. The first-order chi connectivity index (χ1) is 15.7.